The Bertz CT molecular complexity index is 1100. The van der Waals surface area contributed by atoms with E-state index in [2.05, 4.69) is 22.2 Å². The molecule has 0 radical (unpaired) electrons. The lowest BCUT2D eigenvalue weighted by molar-refractivity contribution is 0.110. The Morgan fingerprint density at radius 2 is 1.97 bits per heavy atom. The van der Waals surface area contributed by atoms with Gasteiger partial charge in [-0.1, -0.05) is 13.8 Å². The molecule has 2 heterocycles. The predicted octanol–water partition coefficient (Wildman–Crippen LogP) is 3.64. The first-order chi connectivity index (χ1) is 15.5. The van der Waals surface area contributed by atoms with Gasteiger partial charge < -0.3 is 15.0 Å². The van der Waals surface area contributed by atoms with Crippen LogP contribution in [0.5, 0.6) is 5.88 Å². The van der Waals surface area contributed by atoms with E-state index in [-0.39, 0.29) is 12.0 Å². The molecule has 0 spiro atoms. The van der Waals surface area contributed by atoms with Crippen molar-refractivity contribution in [2.24, 2.45) is 5.92 Å². The van der Waals surface area contributed by atoms with Gasteiger partial charge in [-0.05, 0) is 61.6 Å². The van der Waals surface area contributed by atoms with Crippen molar-refractivity contribution in [3.63, 3.8) is 0 Å². The lowest BCUT2D eigenvalue weighted by Gasteiger charge is -2.29. The molecule has 1 saturated heterocycles. The van der Waals surface area contributed by atoms with Crippen LogP contribution in [0, 0.1) is 11.7 Å². The Labute approximate surface area is 194 Å². The maximum Gasteiger partial charge on any atom is 0.332 e. The second-order valence-corrected chi connectivity index (χ2v) is 10.7. The predicted molar refractivity (Wildman–Crippen MR) is 126 cm³/mol. The number of anilines is 1. The molecule has 2 aromatic rings. The van der Waals surface area contributed by atoms with Crippen molar-refractivity contribution in [1.29, 1.82) is 0 Å². The SMILES string of the molecule is CC(C)Cc1cc(F)cc(-c2ccnc(OC3CCN(C)CC3)c2)c1NC(=O)NS(C)(=O)=O. The number of halogens is 1. The van der Waals surface area contributed by atoms with Crippen LogP contribution in [0.3, 0.4) is 0 Å². The number of benzene rings is 1. The number of likely N-dealkylation sites (tertiary alicyclic amines) is 1. The summed E-state index contributed by atoms with van der Waals surface area (Å²) in [7, 11) is -1.69. The molecule has 8 nitrogen and oxygen atoms in total. The topological polar surface area (TPSA) is 101 Å². The van der Waals surface area contributed by atoms with Gasteiger partial charge >= 0.3 is 6.03 Å². The van der Waals surface area contributed by atoms with Gasteiger partial charge in [-0.3, -0.25) is 0 Å². The summed E-state index contributed by atoms with van der Waals surface area (Å²) < 4.78 is 45.5. The number of carbonyl (C=O) groups excluding carboxylic acids is 1. The number of nitrogens with zero attached hydrogens (tertiary/aromatic N) is 2. The monoisotopic (exact) mass is 478 g/mol. The molecule has 0 unspecified atom stereocenters. The quantitative estimate of drug-likeness (QED) is 0.630. The molecule has 33 heavy (non-hydrogen) atoms. The van der Waals surface area contributed by atoms with E-state index in [0.29, 0.717) is 34.7 Å². The molecule has 1 aromatic heterocycles. The second kappa shape index (κ2) is 10.5. The molecule has 180 valence electrons. The highest BCUT2D eigenvalue weighted by Crippen LogP contribution is 2.35. The number of sulfonamides is 1. The lowest BCUT2D eigenvalue weighted by atomic mass is 9.95. The molecule has 1 aromatic carbocycles. The lowest BCUT2D eigenvalue weighted by Crippen LogP contribution is -2.35. The highest BCUT2D eigenvalue weighted by atomic mass is 32.2. The number of pyridine rings is 1. The van der Waals surface area contributed by atoms with E-state index in [1.807, 2.05) is 18.6 Å². The van der Waals surface area contributed by atoms with Crippen LogP contribution in [0.15, 0.2) is 30.5 Å². The summed E-state index contributed by atoms with van der Waals surface area (Å²) in [4.78, 5) is 18.9. The molecule has 1 aliphatic rings. The van der Waals surface area contributed by atoms with Crippen molar-refractivity contribution in [3.8, 4) is 17.0 Å². The number of piperidine rings is 1. The number of rotatable bonds is 7. The van der Waals surface area contributed by atoms with Crippen LogP contribution in [-0.4, -0.2) is 56.8 Å². The van der Waals surface area contributed by atoms with Crippen LogP contribution in [-0.2, 0) is 16.4 Å². The van der Waals surface area contributed by atoms with Crippen LogP contribution in [0.2, 0.25) is 0 Å². The van der Waals surface area contributed by atoms with E-state index in [9.17, 15) is 17.6 Å². The Balaban J connectivity index is 1.97. The van der Waals surface area contributed by atoms with Gasteiger partial charge in [-0.25, -0.2) is 27.3 Å². The minimum absolute atomic E-state index is 0.0473. The normalized spacial score (nSPS) is 15.5. The average Bonchev–Trinajstić information content (AvgIpc) is 2.70. The van der Waals surface area contributed by atoms with E-state index in [1.54, 1.807) is 18.3 Å². The fraction of sp³-hybridized carbons (Fsp3) is 0.478. The summed E-state index contributed by atoms with van der Waals surface area (Å²) in [5, 5.41) is 2.61. The van der Waals surface area contributed by atoms with Gasteiger partial charge in [0.25, 0.3) is 0 Å². The van der Waals surface area contributed by atoms with Crippen molar-refractivity contribution in [2.75, 3.05) is 31.7 Å². The zero-order valence-corrected chi connectivity index (χ0v) is 20.2. The summed E-state index contributed by atoms with van der Waals surface area (Å²) in [6.07, 6.45) is 4.78. The Morgan fingerprint density at radius 3 is 2.61 bits per heavy atom. The van der Waals surface area contributed by atoms with Crippen LogP contribution >= 0.6 is 0 Å². The second-order valence-electron chi connectivity index (χ2n) is 8.92. The molecule has 10 heteroatoms. The van der Waals surface area contributed by atoms with Gasteiger partial charge in [0.15, 0.2) is 0 Å². The van der Waals surface area contributed by atoms with E-state index in [4.69, 9.17) is 4.74 Å². The molecule has 0 saturated carbocycles. The van der Waals surface area contributed by atoms with E-state index >= 15 is 0 Å². The van der Waals surface area contributed by atoms with Crippen molar-refractivity contribution in [1.82, 2.24) is 14.6 Å². The third-order valence-electron chi connectivity index (χ3n) is 5.33. The number of ether oxygens (including phenoxy) is 1. The Hall–Kier alpha value is -2.72. The minimum atomic E-state index is -3.76. The molecule has 2 N–H and O–H groups in total. The van der Waals surface area contributed by atoms with Gasteiger partial charge in [0.1, 0.15) is 11.9 Å². The molecular formula is C23H31FN4O4S. The zero-order valence-electron chi connectivity index (χ0n) is 19.4. The molecule has 3 rings (SSSR count). The fourth-order valence-corrected chi connectivity index (χ4v) is 4.25. The van der Waals surface area contributed by atoms with E-state index in [1.165, 1.54) is 12.1 Å². The van der Waals surface area contributed by atoms with Crippen molar-refractivity contribution in [2.45, 2.75) is 39.2 Å². The van der Waals surface area contributed by atoms with Gasteiger partial charge in [-0.2, -0.15) is 0 Å². The number of hydrogen-bond donors (Lipinski definition) is 2. The van der Waals surface area contributed by atoms with Crippen LogP contribution < -0.4 is 14.8 Å². The van der Waals surface area contributed by atoms with Crippen LogP contribution in [0.25, 0.3) is 11.1 Å². The molecule has 1 fully saturated rings. The van der Waals surface area contributed by atoms with Crippen molar-refractivity contribution >= 4 is 21.7 Å². The number of hydrogen-bond acceptors (Lipinski definition) is 6. The Morgan fingerprint density at radius 1 is 1.27 bits per heavy atom. The van der Waals surface area contributed by atoms with Gasteiger partial charge in [0.05, 0.1) is 11.9 Å². The summed E-state index contributed by atoms with van der Waals surface area (Å²) in [6.45, 7) is 5.84. The molecule has 0 atom stereocenters. The summed E-state index contributed by atoms with van der Waals surface area (Å²) in [6, 6.07) is 5.18. The first-order valence-electron chi connectivity index (χ1n) is 10.9. The number of urea groups is 1. The smallest absolute Gasteiger partial charge is 0.332 e. The summed E-state index contributed by atoms with van der Waals surface area (Å²) >= 11 is 0. The third kappa shape index (κ3) is 7.40. The van der Waals surface area contributed by atoms with Crippen LogP contribution in [0.4, 0.5) is 14.9 Å². The molecule has 1 aliphatic heterocycles. The number of nitrogens with one attached hydrogen (secondary N) is 2. The minimum Gasteiger partial charge on any atom is -0.474 e. The molecule has 0 aliphatic carbocycles. The standard InChI is InChI=1S/C23H31FN4O4S/c1-15(2)11-17-12-18(24)14-20(22(17)26-23(29)27-33(4,30)31)16-5-8-25-21(13-16)32-19-6-9-28(3)10-7-19/h5,8,12-15,19H,6-7,9-11H2,1-4H3,(H2,26,27,29). The number of amides is 2. The molecular weight excluding hydrogens is 447 g/mol. The maximum atomic E-state index is 14.6. The number of aromatic nitrogens is 1. The van der Waals surface area contributed by atoms with Crippen LogP contribution in [0.1, 0.15) is 32.3 Å². The fourth-order valence-electron chi connectivity index (χ4n) is 3.86. The first-order valence-corrected chi connectivity index (χ1v) is 12.8. The van der Waals surface area contributed by atoms with Gasteiger partial charge in [-0.15, -0.1) is 0 Å². The molecule has 2 amide bonds. The van der Waals surface area contributed by atoms with Gasteiger partial charge in [0.2, 0.25) is 15.9 Å². The Kier molecular flexibility index (Phi) is 7.91. The van der Waals surface area contributed by atoms with Crippen molar-refractivity contribution in [3.05, 3.63) is 41.8 Å². The van der Waals surface area contributed by atoms with Crippen molar-refractivity contribution < 1.29 is 22.3 Å². The highest BCUT2D eigenvalue weighted by molar-refractivity contribution is 7.89. The molecule has 0 bridgehead atoms. The summed E-state index contributed by atoms with van der Waals surface area (Å²) in [5.41, 5.74) is 1.94. The third-order valence-corrected chi connectivity index (χ3v) is 5.88. The highest BCUT2D eigenvalue weighted by Gasteiger charge is 2.21. The average molecular weight is 479 g/mol. The summed E-state index contributed by atoms with van der Waals surface area (Å²) in [5.74, 6) is 0.145. The van der Waals surface area contributed by atoms with E-state index in [0.717, 1.165) is 32.2 Å². The number of carbonyl (C=O) groups is 1. The maximum absolute atomic E-state index is 14.6. The largest absolute Gasteiger partial charge is 0.474 e. The first kappa shape index (κ1) is 24.9. The van der Waals surface area contributed by atoms with E-state index < -0.39 is 21.9 Å². The zero-order chi connectivity index (χ0) is 24.2. The van der Waals surface area contributed by atoms with Gasteiger partial charge in [0, 0.05) is 30.9 Å².